The van der Waals surface area contributed by atoms with Gasteiger partial charge in [-0.25, -0.2) is 4.79 Å². The fourth-order valence-electron chi connectivity index (χ4n) is 2.57. The molecule has 8 heteroatoms. The van der Waals surface area contributed by atoms with Crippen LogP contribution in [0.1, 0.15) is 34.1 Å². The monoisotopic (exact) mass is 387 g/mol. The molecule has 0 atom stereocenters. The summed E-state index contributed by atoms with van der Waals surface area (Å²) in [5.41, 5.74) is 1.08. The summed E-state index contributed by atoms with van der Waals surface area (Å²) in [6.07, 6.45) is 0. The fourth-order valence-corrected chi connectivity index (χ4v) is 2.77. The standard InChI is InChI=1S/C19H18ClN3O4/c1-4-27-19(26)14-8-13(5-6-16(14)20)22-17(24)10-23-12(3)7-11(2)15(9-21)18(23)25/h5-8H,4,10H2,1-3H3,(H,22,24). The summed E-state index contributed by atoms with van der Waals surface area (Å²) in [6.45, 7) is 4.96. The number of aromatic nitrogens is 1. The number of nitriles is 1. The van der Waals surface area contributed by atoms with Gasteiger partial charge >= 0.3 is 5.97 Å². The molecule has 27 heavy (non-hydrogen) atoms. The van der Waals surface area contributed by atoms with Gasteiger partial charge in [-0.3, -0.25) is 9.59 Å². The molecule has 2 aromatic rings. The average Bonchev–Trinajstić information content (AvgIpc) is 2.60. The van der Waals surface area contributed by atoms with Gasteiger partial charge in [0.15, 0.2) is 0 Å². The number of esters is 1. The number of hydrogen-bond acceptors (Lipinski definition) is 5. The highest BCUT2D eigenvalue weighted by atomic mass is 35.5. The van der Waals surface area contributed by atoms with E-state index in [0.717, 1.165) is 0 Å². The second kappa shape index (κ2) is 8.52. The Bertz CT molecular complexity index is 1010. The summed E-state index contributed by atoms with van der Waals surface area (Å²) >= 11 is 5.99. The molecule has 1 amide bonds. The van der Waals surface area contributed by atoms with Gasteiger partial charge in [-0.15, -0.1) is 0 Å². The van der Waals surface area contributed by atoms with E-state index in [4.69, 9.17) is 21.6 Å². The van der Waals surface area contributed by atoms with Crippen LogP contribution in [0.25, 0.3) is 0 Å². The van der Waals surface area contributed by atoms with E-state index in [-0.39, 0.29) is 29.3 Å². The predicted octanol–water partition coefficient (Wildman–Crippen LogP) is 2.81. The summed E-state index contributed by atoms with van der Waals surface area (Å²) in [7, 11) is 0. The Morgan fingerprint density at radius 2 is 2.00 bits per heavy atom. The van der Waals surface area contributed by atoms with Crippen LogP contribution in [0.3, 0.4) is 0 Å². The summed E-state index contributed by atoms with van der Waals surface area (Å²) in [5.74, 6) is -1.08. The molecule has 0 saturated carbocycles. The largest absolute Gasteiger partial charge is 0.462 e. The lowest BCUT2D eigenvalue weighted by atomic mass is 10.1. The Labute approximate surface area is 161 Å². The maximum absolute atomic E-state index is 12.4. The molecular weight excluding hydrogens is 370 g/mol. The van der Waals surface area contributed by atoms with Crippen LogP contribution >= 0.6 is 11.6 Å². The van der Waals surface area contributed by atoms with Crippen molar-refractivity contribution in [1.82, 2.24) is 4.57 Å². The summed E-state index contributed by atoms with van der Waals surface area (Å²) in [6, 6.07) is 7.95. The van der Waals surface area contributed by atoms with Crippen molar-refractivity contribution in [3.63, 3.8) is 0 Å². The first-order valence-electron chi connectivity index (χ1n) is 8.16. The lowest BCUT2D eigenvalue weighted by Gasteiger charge is -2.13. The van der Waals surface area contributed by atoms with Crippen molar-refractivity contribution in [2.75, 3.05) is 11.9 Å². The molecule has 0 unspecified atom stereocenters. The Hall–Kier alpha value is -3.11. The smallest absolute Gasteiger partial charge is 0.339 e. The number of carbonyl (C=O) groups excluding carboxylic acids is 2. The van der Waals surface area contributed by atoms with Crippen LogP contribution in [0, 0.1) is 25.2 Å². The maximum atomic E-state index is 12.4. The summed E-state index contributed by atoms with van der Waals surface area (Å²) in [5, 5.41) is 11.9. The number of halogens is 1. The maximum Gasteiger partial charge on any atom is 0.339 e. The number of aryl methyl sites for hydroxylation is 2. The zero-order valence-corrected chi connectivity index (χ0v) is 15.9. The number of rotatable bonds is 5. The Morgan fingerprint density at radius 1 is 1.30 bits per heavy atom. The van der Waals surface area contributed by atoms with Crippen LogP contribution < -0.4 is 10.9 Å². The summed E-state index contributed by atoms with van der Waals surface area (Å²) < 4.78 is 6.15. The lowest BCUT2D eigenvalue weighted by molar-refractivity contribution is -0.116. The Balaban J connectivity index is 2.25. The van der Waals surface area contributed by atoms with Crippen LogP contribution in [-0.2, 0) is 16.1 Å². The Morgan fingerprint density at radius 3 is 2.63 bits per heavy atom. The molecule has 1 aromatic heterocycles. The molecule has 0 aliphatic carbocycles. The SMILES string of the molecule is CCOC(=O)c1cc(NC(=O)Cn2c(C)cc(C)c(C#N)c2=O)ccc1Cl. The minimum atomic E-state index is -0.595. The third-order valence-electron chi connectivity index (χ3n) is 3.86. The molecular formula is C19H18ClN3O4. The number of hydrogen-bond donors (Lipinski definition) is 1. The van der Waals surface area contributed by atoms with Crippen molar-refractivity contribution in [3.05, 3.63) is 62.0 Å². The van der Waals surface area contributed by atoms with Crippen molar-refractivity contribution in [2.45, 2.75) is 27.3 Å². The van der Waals surface area contributed by atoms with Gasteiger partial charge in [0.1, 0.15) is 18.2 Å². The van der Waals surface area contributed by atoms with Gasteiger partial charge in [-0.05, 0) is 50.6 Å². The van der Waals surface area contributed by atoms with Crippen molar-refractivity contribution in [1.29, 1.82) is 5.26 Å². The number of nitrogens with zero attached hydrogens (tertiary/aromatic N) is 2. The first-order valence-corrected chi connectivity index (χ1v) is 8.54. The Kier molecular flexibility index (Phi) is 6.37. The number of nitrogens with one attached hydrogen (secondary N) is 1. The zero-order chi connectivity index (χ0) is 20.1. The molecule has 0 saturated heterocycles. The minimum Gasteiger partial charge on any atom is -0.462 e. The fraction of sp³-hybridized carbons (Fsp3) is 0.263. The van der Waals surface area contributed by atoms with Crippen molar-refractivity contribution < 1.29 is 14.3 Å². The first kappa shape index (κ1) is 20.2. The molecule has 1 aromatic carbocycles. The number of carbonyl (C=O) groups is 2. The summed E-state index contributed by atoms with van der Waals surface area (Å²) in [4.78, 5) is 36.6. The highest BCUT2D eigenvalue weighted by molar-refractivity contribution is 6.33. The molecule has 7 nitrogen and oxygen atoms in total. The van der Waals surface area contributed by atoms with Crippen LogP contribution in [0.5, 0.6) is 0 Å². The van der Waals surface area contributed by atoms with Gasteiger partial charge < -0.3 is 14.6 Å². The molecule has 1 N–H and O–H groups in total. The van der Waals surface area contributed by atoms with Crippen molar-refractivity contribution >= 4 is 29.2 Å². The normalized spacial score (nSPS) is 10.2. The van der Waals surface area contributed by atoms with E-state index in [1.165, 1.54) is 22.8 Å². The molecule has 140 valence electrons. The van der Waals surface area contributed by atoms with Gasteiger partial charge in [0.2, 0.25) is 5.91 Å². The van der Waals surface area contributed by atoms with E-state index in [0.29, 0.717) is 16.9 Å². The van der Waals surface area contributed by atoms with Crippen LogP contribution in [0.4, 0.5) is 5.69 Å². The lowest BCUT2D eigenvalue weighted by Crippen LogP contribution is -2.31. The average molecular weight is 388 g/mol. The number of benzene rings is 1. The molecule has 2 rings (SSSR count). The topological polar surface area (TPSA) is 101 Å². The van der Waals surface area contributed by atoms with E-state index in [1.54, 1.807) is 26.8 Å². The number of pyridine rings is 1. The quantitative estimate of drug-likeness (QED) is 0.795. The van der Waals surface area contributed by atoms with Gasteiger partial charge in [0.05, 0.1) is 17.2 Å². The van der Waals surface area contributed by atoms with Gasteiger partial charge in [0, 0.05) is 11.4 Å². The van der Waals surface area contributed by atoms with Gasteiger partial charge in [-0.2, -0.15) is 5.26 Å². The second-order valence-electron chi connectivity index (χ2n) is 5.81. The molecule has 0 spiro atoms. The first-order chi connectivity index (χ1) is 12.8. The molecule has 0 bridgehead atoms. The van der Waals surface area contributed by atoms with E-state index in [2.05, 4.69) is 5.32 Å². The minimum absolute atomic E-state index is 0.00416. The van der Waals surface area contributed by atoms with Crippen LogP contribution in [-0.4, -0.2) is 23.1 Å². The van der Waals surface area contributed by atoms with Crippen molar-refractivity contribution in [2.24, 2.45) is 0 Å². The molecule has 1 heterocycles. The third kappa shape index (κ3) is 4.54. The highest BCUT2D eigenvalue weighted by Gasteiger charge is 2.15. The van der Waals surface area contributed by atoms with E-state index < -0.39 is 17.4 Å². The molecule has 0 aliphatic rings. The van der Waals surface area contributed by atoms with E-state index in [9.17, 15) is 14.4 Å². The van der Waals surface area contributed by atoms with Crippen LogP contribution in [0.15, 0.2) is 29.1 Å². The van der Waals surface area contributed by atoms with E-state index in [1.807, 2.05) is 6.07 Å². The number of amides is 1. The van der Waals surface area contributed by atoms with Gasteiger partial charge in [-0.1, -0.05) is 11.6 Å². The zero-order valence-electron chi connectivity index (χ0n) is 15.1. The molecule has 0 radical (unpaired) electrons. The molecule has 0 fully saturated rings. The van der Waals surface area contributed by atoms with Crippen LogP contribution in [0.2, 0.25) is 5.02 Å². The van der Waals surface area contributed by atoms with Gasteiger partial charge in [0.25, 0.3) is 5.56 Å². The third-order valence-corrected chi connectivity index (χ3v) is 4.19. The second-order valence-corrected chi connectivity index (χ2v) is 6.22. The number of ether oxygens (including phenoxy) is 1. The number of anilines is 1. The van der Waals surface area contributed by atoms with E-state index >= 15 is 0 Å². The highest BCUT2D eigenvalue weighted by Crippen LogP contribution is 2.21. The predicted molar refractivity (Wildman–Crippen MR) is 101 cm³/mol. The molecule has 0 aliphatic heterocycles. The van der Waals surface area contributed by atoms with Crippen molar-refractivity contribution in [3.8, 4) is 6.07 Å².